The first kappa shape index (κ1) is 61.4. The number of aliphatic hydroxyl groups is 1. The molecule has 34 heteroatoms. The summed E-state index contributed by atoms with van der Waals surface area (Å²) in [4.78, 5) is 77.2. The summed E-state index contributed by atoms with van der Waals surface area (Å²) in [6, 6.07) is 8.92. The lowest BCUT2D eigenvalue weighted by molar-refractivity contribution is -0.438. The predicted molar refractivity (Wildman–Crippen MR) is 278 cm³/mol. The Morgan fingerprint density at radius 2 is 1.52 bits per heavy atom. The highest BCUT2D eigenvalue weighted by atomic mass is 32.2. The number of anilines is 1. The highest BCUT2D eigenvalue weighted by Crippen LogP contribution is 2.66. The molecule has 3 aliphatic heterocycles. The molecule has 432 valence electrons. The number of hydrogen-bond acceptors (Lipinski definition) is 19. The maximum Gasteiger partial charge on any atom is 0.490 e. The summed E-state index contributed by atoms with van der Waals surface area (Å²) in [7, 11) is -26.2. The zero-order chi connectivity index (χ0) is 58.3. The van der Waals surface area contributed by atoms with Gasteiger partial charge in [-0.15, -0.1) is 0 Å². The Hall–Kier alpha value is -5.17. The van der Waals surface area contributed by atoms with E-state index < -0.39 is 91.8 Å². The number of imidazole rings is 1. The number of carbonyl (C=O) groups excluding carboxylic acids is 2. The van der Waals surface area contributed by atoms with Crippen LogP contribution in [0.5, 0.6) is 0 Å². The Morgan fingerprint density at radius 3 is 2.18 bits per heavy atom. The standard InChI is InChI=1S/C45H59N8O21P3S2/c1-7-51-32-17-15-28(78(64,65)66)22-30(32)44(3,4)35(51)12-11-13-36-45(5,6)31-23-29(79(67,68)69)16-18-33(31)52(36)21-10-8-9-14-37(54)46-19-20-47-43(56)72-40-39(55)34(24-70-76(60,61)74-77(62,63)73-75(57,58)59)71-42(40)53-26-50-38-27(2)48-25-49-41(38)53/h11-13,15-18,22-23,25-26,34,39-40,42,55H,7-10,14,19-21,24H2,1-6H3,(H7-,46,47,54,56,57,58,59,60,61,62,63,64,65,66,67,68,69)/p+1/t34-,39-,40-,42-/m1/s1. The van der Waals surface area contributed by atoms with Gasteiger partial charge in [-0.2, -0.15) is 30.0 Å². The first-order valence-electron chi connectivity index (χ1n) is 24.2. The SMILES string of the molecule is CCN1/C(=C/C=C/C2=[N+](CCCCCC(=O)NCCNC(=O)O[C@@H]3[C@H](O)[C@@H](COP(=O)(O)OP(=O)(O)OP(=O)(O)O)O[C@H]3n3cnc4c(C)ncnc43)c3ccc(S(=O)(=O)O)cc3C2(C)C)C(C)(C)c2cc(S(=O)(=O)O)ccc21. The number of carbonyl (C=O) groups is 2. The molecule has 6 atom stereocenters. The van der Waals surface area contributed by atoms with E-state index in [0.29, 0.717) is 49.1 Å². The van der Waals surface area contributed by atoms with Gasteiger partial charge in [0.25, 0.3) is 20.2 Å². The fourth-order valence-corrected chi connectivity index (χ4v) is 13.7. The highest BCUT2D eigenvalue weighted by molar-refractivity contribution is 7.86. The zero-order valence-corrected chi connectivity index (χ0v) is 47.5. The molecule has 1 saturated heterocycles. The van der Waals surface area contributed by atoms with Crippen molar-refractivity contribution in [1.82, 2.24) is 30.2 Å². The topological polar surface area (TPSA) is 415 Å². The molecule has 0 aliphatic carbocycles. The number of ether oxygens (including phenoxy) is 2. The van der Waals surface area contributed by atoms with Crippen LogP contribution < -0.4 is 15.5 Å². The summed E-state index contributed by atoms with van der Waals surface area (Å²) in [5.74, 6) is -0.334. The van der Waals surface area contributed by atoms with E-state index in [4.69, 9.17) is 19.3 Å². The Labute approximate surface area is 453 Å². The number of rotatable bonds is 23. The fourth-order valence-electron chi connectivity index (χ4n) is 9.63. The number of nitrogens with zero attached hydrogens (tertiary/aromatic N) is 6. The largest absolute Gasteiger partial charge is 0.490 e. The van der Waals surface area contributed by atoms with Gasteiger partial charge in [-0.3, -0.25) is 23.0 Å². The van der Waals surface area contributed by atoms with Gasteiger partial charge < -0.3 is 49.7 Å². The second-order valence-corrected chi connectivity index (χ2v) is 26.7. The van der Waals surface area contributed by atoms with E-state index in [2.05, 4.69) is 48.2 Å². The Bertz CT molecular complexity index is 3510. The molecule has 0 bridgehead atoms. The van der Waals surface area contributed by atoms with Crippen molar-refractivity contribution in [3.8, 4) is 0 Å². The van der Waals surface area contributed by atoms with E-state index in [1.807, 2.05) is 52.8 Å². The van der Waals surface area contributed by atoms with Crippen molar-refractivity contribution in [2.75, 3.05) is 37.7 Å². The number of allylic oxidation sites excluding steroid dienone is 4. The third-order valence-corrected chi connectivity index (χ3v) is 18.8. The zero-order valence-electron chi connectivity index (χ0n) is 43.2. The molecular weight excluding hydrogens is 1150 g/mol. The van der Waals surface area contributed by atoms with Gasteiger partial charge in [-0.05, 0) is 82.5 Å². The van der Waals surface area contributed by atoms with Crippen molar-refractivity contribution in [3.63, 3.8) is 0 Å². The number of benzene rings is 2. The number of aliphatic hydroxyl groups excluding tert-OH is 1. The molecule has 2 amide bonds. The normalized spacial score (nSPS) is 22.0. The molecule has 2 aromatic carbocycles. The van der Waals surface area contributed by atoms with Crippen LogP contribution in [-0.4, -0.2) is 144 Å². The lowest BCUT2D eigenvalue weighted by atomic mass is 9.81. The number of phosphoric ester groups is 1. The summed E-state index contributed by atoms with van der Waals surface area (Å²) in [6.45, 7) is 11.1. The van der Waals surface area contributed by atoms with Gasteiger partial charge in [0.05, 0.1) is 33.8 Å². The number of unbranched alkanes of at least 4 members (excludes halogenated alkanes) is 2. The van der Waals surface area contributed by atoms with Crippen LogP contribution in [0.25, 0.3) is 11.2 Å². The second kappa shape index (κ2) is 23.4. The maximum atomic E-state index is 13.1. The van der Waals surface area contributed by atoms with Crippen molar-refractivity contribution in [1.29, 1.82) is 0 Å². The average molecular weight is 1210 g/mol. The molecule has 3 aliphatic rings. The summed E-state index contributed by atoms with van der Waals surface area (Å²) < 4.78 is 130. The van der Waals surface area contributed by atoms with Crippen molar-refractivity contribution in [2.45, 2.75) is 112 Å². The Morgan fingerprint density at radius 1 is 0.861 bits per heavy atom. The predicted octanol–water partition coefficient (Wildman–Crippen LogP) is 4.34. The van der Waals surface area contributed by atoms with Crippen molar-refractivity contribution >= 4 is 84.0 Å². The fraction of sp³-hybridized carbons (Fsp3) is 0.467. The third kappa shape index (κ3) is 14.1. The number of likely N-dealkylation sites (N-methyl/N-ethyl adjacent to an activating group) is 1. The number of hydrogen-bond donors (Lipinski definition) is 9. The van der Waals surface area contributed by atoms with Crippen LogP contribution >= 0.6 is 23.5 Å². The molecular formula is C45H60N8O21P3S2+. The lowest BCUT2D eigenvalue weighted by Gasteiger charge is -2.25. The van der Waals surface area contributed by atoms with Gasteiger partial charge in [0.1, 0.15) is 30.6 Å². The van der Waals surface area contributed by atoms with Gasteiger partial charge in [-0.25, -0.2) is 33.4 Å². The molecule has 0 spiro atoms. The number of aryl methyl sites for hydroxylation is 1. The molecule has 9 N–H and O–H groups in total. The van der Waals surface area contributed by atoms with Gasteiger partial charge in [0.2, 0.25) is 11.6 Å². The van der Waals surface area contributed by atoms with Crippen LogP contribution in [0.2, 0.25) is 0 Å². The van der Waals surface area contributed by atoms with E-state index in [1.54, 1.807) is 19.1 Å². The number of alkyl carbamates (subject to hydrolysis) is 1. The van der Waals surface area contributed by atoms with Crippen molar-refractivity contribution in [3.05, 3.63) is 89.8 Å². The van der Waals surface area contributed by atoms with Crippen LogP contribution in [0.15, 0.2) is 82.8 Å². The number of fused-ring (bicyclic) bond motifs is 3. The highest BCUT2D eigenvalue weighted by Gasteiger charge is 2.50. The van der Waals surface area contributed by atoms with E-state index >= 15 is 0 Å². The first-order valence-corrected chi connectivity index (χ1v) is 31.6. The second-order valence-electron chi connectivity index (χ2n) is 19.4. The van der Waals surface area contributed by atoms with E-state index in [9.17, 15) is 64.1 Å². The first-order chi connectivity index (χ1) is 36.6. The monoisotopic (exact) mass is 1210 g/mol. The minimum absolute atomic E-state index is 0.0525. The van der Waals surface area contributed by atoms with Crippen LogP contribution in [0.1, 0.15) is 83.4 Å². The summed E-state index contributed by atoms with van der Waals surface area (Å²) in [6.07, 6.45) is 2.30. The van der Waals surface area contributed by atoms with Gasteiger partial charge in [0.15, 0.2) is 23.7 Å². The average Bonchev–Trinajstić information content (AvgIpc) is 4.21. The van der Waals surface area contributed by atoms with E-state index in [1.165, 1.54) is 41.5 Å². The number of aromatic nitrogens is 4. The van der Waals surface area contributed by atoms with Crippen LogP contribution in [-0.2, 0) is 72.2 Å². The Kier molecular flexibility index (Phi) is 18.2. The number of nitrogens with one attached hydrogen (secondary N) is 2. The molecule has 79 heavy (non-hydrogen) atoms. The van der Waals surface area contributed by atoms with Crippen LogP contribution in [0.3, 0.4) is 0 Å². The quantitative estimate of drug-likeness (QED) is 0.0216. The number of amides is 2. The van der Waals surface area contributed by atoms with E-state index in [0.717, 1.165) is 28.3 Å². The molecule has 7 rings (SSSR count). The van der Waals surface area contributed by atoms with Gasteiger partial charge in [-0.1, -0.05) is 19.9 Å². The Balaban J connectivity index is 0.949. The minimum atomic E-state index is -5.87. The van der Waals surface area contributed by atoms with E-state index in [-0.39, 0.29) is 40.9 Å². The van der Waals surface area contributed by atoms with Crippen molar-refractivity contribution in [2.24, 2.45) is 0 Å². The molecule has 4 aromatic rings. The summed E-state index contributed by atoms with van der Waals surface area (Å²) >= 11 is 0. The molecule has 0 radical (unpaired) electrons. The molecule has 2 unspecified atom stereocenters. The smallest absolute Gasteiger partial charge is 0.439 e. The molecule has 2 aromatic heterocycles. The maximum absolute atomic E-state index is 13.1. The van der Waals surface area contributed by atoms with Gasteiger partial charge >= 0.3 is 29.6 Å². The molecule has 5 heterocycles. The minimum Gasteiger partial charge on any atom is -0.439 e. The summed E-state index contributed by atoms with van der Waals surface area (Å²) in [5.41, 5.74) is 4.08. The van der Waals surface area contributed by atoms with Crippen LogP contribution in [0, 0.1) is 6.92 Å². The molecule has 1 fully saturated rings. The van der Waals surface area contributed by atoms with Crippen molar-refractivity contribution < 1.29 is 101 Å². The molecule has 0 saturated carbocycles. The number of phosphoric acid groups is 3. The lowest BCUT2D eigenvalue weighted by Crippen LogP contribution is -2.41. The molecule has 29 nitrogen and oxygen atoms in total. The third-order valence-electron chi connectivity index (χ3n) is 13.3. The van der Waals surface area contributed by atoms with Gasteiger partial charge in [0, 0.05) is 67.0 Å². The van der Waals surface area contributed by atoms with Crippen LogP contribution in [0.4, 0.5) is 16.2 Å². The summed E-state index contributed by atoms with van der Waals surface area (Å²) in [5, 5.41) is 16.4.